The molecule has 0 atom stereocenters. The Hall–Kier alpha value is -2.73. The van der Waals surface area contributed by atoms with Gasteiger partial charge in [-0.15, -0.1) is 0 Å². The molecule has 5 nitrogen and oxygen atoms in total. The third-order valence-electron chi connectivity index (χ3n) is 3.76. The topological polar surface area (TPSA) is 70.9 Å². The van der Waals surface area contributed by atoms with Crippen LogP contribution in [-0.2, 0) is 4.79 Å². The van der Waals surface area contributed by atoms with Crippen molar-refractivity contribution in [2.75, 3.05) is 7.11 Å². The van der Waals surface area contributed by atoms with Gasteiger partial charge < -0.3 is 15.2 Å². The van der Waals surface area contributed by atoms with Crippen molar-refractivity contribution < 1.29 is 14.6 Å². The number of carbonyl (C=O) groups excluding carboxylic acids is 1. The number of methoxy groups -OCH3 is 1. The predicted molar refractivity (Wildman–Crippen MR) is 101 cm³/mol. The van der Waals surface area contributed by atoms with Gasteiger partial charge in [-0.3, -0.25) is 4.79 Å². The average Bonchev–Trinajstić information content (AvgIpc) is 2.92. The Bertz CT molecular complexity index is 904. The summed E-state index contributed by atoms with van der Waals surface area (Å²) in [5.41, 5.74) is 3.49. The molecular formula is C19H18N2O3S. The van der Waals surface area contributed by atoms with Gasteiger partial charge in [-0.1, -0.05) is 12.1 Å². The predicted octanol–water partition coefficient (Wildman–Crippen LogP) is 3.91. The maximum Gasteiger partial charge on any atom is 0.264 e. The number of amidine groups is 1. The Balaban J connectivity index is 1.90. The van der Waals surface area contributed by atoms with E-state index < -0.39 is 0 Å². The van der Waals surface area contributed by atoms with Gasteiger partial charge in [0, 0.05) is 5.56 Å². The number of ether oxygens (including phenoxy) is 1. The summed E-state index contributed by atoms with van der Waals surface area (Å²) in [4.78, 5) is 17.2. The average molecular weight is 354 g/mol. The third-order valence-corrected chi connectivity index (χ3v) is 4.67. The molecule has 3 rings (SSSR count). The first-order valence-corrected chi connectivity index (χ1v) is 8.52. The van der Waals surface area contributed by atoms with Crippen LogP contribution < -0.4 is 10.1 Å². The molecule has 128 valence electrons. The molecule has 0 unspecified atom stereocenters. The minimum Gasteiger partial charge on any atom is -0.507 e. The summed E-state index contributed by atoms with van der Waals surface area (Å²) in [6.45, 7) is 3.98. The maximum atomic E-state index is 12.2. The molecule has 2 aromatic rings. The van der Waals surface area contributed by atoms with Crippen molar-refractivity contribution in [2.45, 2.75) is 13.8 Å². The number of aliphatic imine (C=N–C) groups is 1. The lowest BCUT2D eigenvalue weighted by molar-refractivity contribution is -0.115. The number of nitrogens with one attached hydrogen (secondary N) is 1. The largest absolute Gasteiger partial charge is 0.507 e. The summed E-state index contributed by atoms with van der Waals surface area (Å²) >= 11 is 1.24. The fourth-order valence-corrected chi connectivity index (χ4v) is 3.17. The van der Waals surface area contributed by atoms with Crippen molar-refractivity contribution in [3.63, 3.8) is 0 Å². The number of hydrogen-bond donors (Lipinski definition) is 2. The van der Waals surface area contributed by atoms with E-state index in [0.717, 1.165) is 16.8 Å². The minimum absolute atomic E-state index is 0.0848. The highest BCUT2D eigenvalue weighted by molar-refractivity contribution is 8.18. The van der Waals surface area contributed by atoms with Crippen LogP contribution in [0.25, 0.3) is 6.08 Å². The molecule has 1 saturated heterocycles. The van der Waals surface area contributed by atoms with Gasteiger partial charge in [0.05, 0.1) is 17.7 Å². The summed E-state index contributed by atoms with van der Waals surface area (Å²) in [7, 11) is 1.55. The van der Waals surface area contributed by atoms with Crippen LogP contribution in [0.3, 0.4) is 0 Å². The molecule has 0 saturated carbocycles. The van der Waals surface area contributed by atoms with Gasteiger partial charge in [0.2, 0.25) is 0 Å². The van der Waals surface area contributed by atoms with E-state index in [9.17, 15) is 9.90 Å². The quantitative estimate of drug-likeness (QED) is 0.820. The van der Waals surface area contributed by atoms with E-state index in [1.807, 2.05) is 32.0 Å². The first kappa shape index (κ1) is 17.1. The number of aromatic hydroxyl groups is 1. The van der Waals surface area contributed by atoms with Crippen molar-refractivity contribution in [1.82, 2.24) is 5.32 Å². The first-order valence-electron chi connectivity index (χ1n) is 7.70. The van der Waals surface area contributed by atoms with E-state index >= 15 is 0 Å². The normalized spacial score (nSPS) is 17.2. The number of phenolic OH excluding ortho intramolecular Hbond substituents is 1. The second kappa shape index (κ2) is 7.03. The van der Waals surface area contributed by atoms with Gasteiger partial charge in [0.25, 0.3) is 5.91 Å². The van der Waals surface area contributed by atoms with Crippen LogP contribution in [0.4, 0.5) is 5.69 Å². The zero-order chi connectivity index (χ0) is 18.0. The van der Waals surface area contributed by atoms with Crippen molar-refractivity contribution in [1.29, 1.82) is 0 Å². The van der Waals surface area contributed by atoms with Crippen LogP contribution in [0, 0.1) is 13.8 Å². The number of aryl methyl sites for hydroxylation is 2. The molecule has 1 heterocycles. The SMILES string of the molecule is COc1ccc(O)c(/C=C2\SC(=Nc3cc(C)ccc3C)NC2=O)c1. The van der Waals surface area contributed by atoms with Gasteiger partial charge in [-0.05, 0) is 67.1 Å². The molecule has 0 spiro atoms. The van der Waals surface area contributed by atoms with Gasteiger partial charge in [0.1, 0.15) is 11.5 Å². The van der Waals surface area contributed by atoms with Crippen LogP contribution in [0.15, 0.2) is 46.3 Å². The molecule has 1 aliphatic rings. The molecule has 1 aliphatic heterocycles. The van der Waals surface area contributed by atoms with E-state index in [1.54, 1.807) is 25.3 Å². The van der Waals surface area contributed by atoms with E-state index in [-0.39, 0.29) is 11.7 Å². The maximum absolute atomic E-state index is 12.2. The molecule has 0 aromatic heterocycles. The number of hydrogen-bond acceptors (Lipinski definition) is 5. The molecule has 0 aliphatic carbocycles. The molecular weight excluding hydrogens is 336 g/mol. The van der Waals surface area contributed by atoms with Crippen LogP contribution in [0.5, 0.6) is 11.5 Å². The lowest BCUT2D eigenvalue weighted by atomic mass is 10.1. The van der Waals surface area contributed by atoms with Gasteiger partial charge in [-0.2, -0.15) is 0 Å². The molecule has 2 aromatic carbocycles. The zero-order valence-corrected chi connectivity index (χ0v) is 15.0. The number of amides is 1. The van der Waals surface area contributed by atoms with E-state index in [4.69, 9.17) is 4.74 Å². The van der Waals surface area contributed by atoms with Crippen LogP contribution in [-0.4, -0.2) is 23.3 Å². The van der Waals surface area contributed by atoms with Crippen LogP contribution in [0.1, 0.15) is 16.7 Å². The Morgan fingerprint density at radius 3 is 2.76 bits per heavy atom. The van der Waals surface area contributed by atoms with Crippen LogP contribution in [0.2, 0.25) is 0 Å². The number of thioether (sulfide) groups is 1. The number of benzene rings is 2. The zero-order valence-electron chi connectivity index (χ0n) is 14.2. The lowest BCUT2D eigenvalue weighted by Gasteiger charge is -2.03. The van der Waals surface area contributed by atoms with E-state index in [2.05, 4.69) is 10.3 Å². The standard InChI is InChI=1S/C19H18N2O3S/c1-11-4-5-12(2)15(8-11)20-19-21-18(23)17(25-19)10-13-9-14(24-3)6-7-16(13)22/h4-10,22H,1-3H3,(H,20,21,23)/b17-10-. The smallest absolute Gasteiger partial charge is 0.264 e. The highest BCUT2D eigenvalue weighted by atomic mass is 32.2. The van der Waals surface area contributed by atoms with Gasteiger partial charge >= 0.3 is 0 Å². The fourth-order valence-electron chi connectivity index (χ4n) is 2.35. The van der Waals surface area contributed by atoms with Crippen molar-refractivity contribution in [3.8, 4) is 11.5 Å². The number of phenols is 1. The molecule has 25 heavy (non-hydrogen) atoms. The summed E-state index contributed by atoms with van der Waals surface area (Å²) in [6.07, 6.45) is 1.63. The number of carbonyl (C=O) groups is 1. The molecule has 0 radical (unpaired) electrons. The molecule has 0 bridgehead atoms. The Kier molecular flexibility index (Phi) is 4.81. The Morgan fingerprint density at radius 2 is 2.00 bits per heavy atom. The summed E-state index contributed by atoms with van der Waals surface area (Å²) < 4.78 is 5.15. The fraction of sp³-hybridized carbons (Fsp3) is 0.158. The van der Waals surface area contributed by atoms with E-state index in [0.29, 0.717) is 21.4 Å². The summed E-state index contributed by atoms with van der Waals surface area (Å²) in [5.74, 6) is 0.454. The monoisotopic (exact) mass is 354 g/mol. The highest BCUT2D eigenvalue weighted by Gasteiger charge is 2.24. The summed E-state index contributed by atoms with van der Waals surface area (Å²) in [6, 6.07) is 10.9. The van der Waals surface area contributed by atoms with Crippen molar-refractivity contribution >= 4 is 34.6 Å². The number of rotatable bonds is 3. The number of nitrogens with zero attached hydrogens (tertiary/aromatic N) is 1. The summed E-state index contributed by atoms with van der Waals surface area (Å²) in [5, 5.41) is 13.3. The lowest BCUT2D eigenvalue weighted by Crippen LogP contribution is -2.19. The Morgan fingerprint density at radius 1 is 1.20 bits per heavy atom. The molecule has 1 fully saturated rings. The van der Waals surface area contributed by atoms with Gasteiger partial charge in [0.15, 0.2) is 5.17 Å². The van der Waals surface area contributed by atoms with Crippen molar-refractivity contribution in [3.05, 3.63) is 58.0 Å². The Labute approximate surface area is 150 Å². The molecule has 6 heteroatoms. The molecule has 2 N–H and O–H groups in total. The molecule has 1 amide bonds. The second-order valence-corrected chi connectivity index (χ2v) is 6.73. The second-order valence-electron chi connectivity index (χ2n) is 5.70. The van der Waals surface area contributed by atoms with Crippen LogP contribution >= 0.6 is 11.8 Å². The van der Waals surface area contributed by atoms with Crippen molar-refractivity contribution in [2.24, 2.45) is 4.99 Å². The van der Waals surface area contributed by atoms with Gasteiger partial charge in [-0.25, -0.2) is 4.99 Å². The highest BCUT2D eigenvalue weighted by Crippen LogP contribution is 2.32. The van der Waals surface area contributed by atoms with E-state index in [1.165, 1.54) is 17.8 Å². The first-order chi connectivity index (χ1) is 12.0. The minimum atomic E-state index is -0.240. The third kappa shape index (κ3) is 3.85.